The van der Waals surface area contributed by atoms with Crippen LogP contribution in [0.3, 0.4) is 0 Å². The number of rotatable bonds is 8. The molecule has 0 heterocycles. The summed E-state index contributed by atoms with van der Waals surface area (Å²) in [5.41, 5.74) is 12.4. The molecule has 0 unspecified atom stereocenters. The fourth-order valence-electron chi connectivity index (χ4n) is 5.87. The number of aliphatic hydroxyl groups excluding tert-OH is 1. The SMILES string of the molecule is CCOC(=O)N(C)CCC=C1c2ccccc2C=Cc2ccccc21.CN(CO)CCC=C1c2ccccc2C=Cc2ccccc21.[AlH2].[Li]. The zero-order chi connectivity index (χ0) is 33.0. The van der Waals surface area contributed by atoms with Crippen molar-refractivity contribution in [2.24, 2.45) is 0 Å². The molecule has 2 aliphatic rings. The van der Waals surface area contributed by atoms with E-state index in [4.69, 9.17) is 9.84 Å². The Morgan fingerprint density at radius 3 is 1.33 bits per heavy atom. The van der Waals surface area contributed by atoms with Crippen LogP contribution in [0, 0.1) is 0 Å². The first-order valence-electron chi connectivity index (χ1n) is 16.3. The summed E-state index contributed by atoms with van der Waals surface area (Å²) in [6.45, 7) is 3.78. The van der Waals surface area contributed by atoms with E-state index < -0.39 is 0 Å². The Kier molecular flexibility index (Phi) is 16.1. The summed E-state index contributed by atoms with van der Waals surface area (Å²) in [4.78, 5) is 15.3. The molecule has 0 saturated carbocycles. The Bertz CT molecular complexity index is 1710. The summed E-state index contributed by atoms with van der Waals surface area (Å²) in [5, 5.41) is 9.13. The molecule has 4 aromatic carbocycles. The Labute approximate surface area is 314 Å². The summed E-state index contributed by atoms with van der Waals surface area (Å²) in [6.07, 6.45) is 14.6. The third kappa shape index (κ3) is 10.3. The van der Waals surface area contributed by atoms with Gasteiger partial charge in [-0.05, 0) is 82.5 Å². The molecule has 2 aliphatic carbocycles. The Hall–Kier alpha value is -3.84. The molecule has 5 nitrogen and oxygen atoms in total. The van der Waals surface area contributed by atoms with Gasteiger partial charge in [-0.3, -0.25) is 4.90 Å². The molecule has 7 heteroatoms. The molecule has 1 N–H and O–H groups in total. The van der Waals surface area contributed by atoms with E-state index in [-0.39, 0.29) is 49.0 Å². The molecular formula is C42H46AlLiN2O3. The maximum absolute atomic E-state index is 11.7. The summed E-state index contributed by atoms with van der Waals surface area (Å²) < 4.78 is 5.03. The van der Waals surface area contributed by atoms with Crippen LogP contribution in [-0.2, 0) is 4.74 Å². The normalized spacial score (nSPS) is 11.9. The number of ether oxygens (including phenoxy) is 1. The molecule has 4 aromatic rings. The predicted molar refractivity (Wildman–Crippen MR) is 211 cm³/mol. The van der Waals surface area contributed by atoms with E-state index in [1.807, 2.05) is 18.9 Å². The molecule has 2 radical (unpaired) electrons. The number of carbonyl (C=O) groups excluding carboxylic acids is 1. The number of carbonyl (C=O) groups is 1. The van der Waals surface area contributed by atoms with Gasteiger partial charge in [0.15, 0.2) is 0 Å². The van der Waals surface area contributed by atoms with E-state index in [0.29, 0.717) is 13.2 Å². The smallest absolute Gasteiger partial charge is 0.409 e. The predicted octanol–water partition coefficient (Wildman–Crippen LogP) is 7.66. The molecule has 0 aromatic heterocycles. The maximum atomic E-state index is 11.7. The van der Waals surface area contributed by atoms with Gasteiger partial charge >= 0.3 is 6.09 Å². The van der Waals surface area contributed by atoms with Crippen molar-refractivity contribution in [3.8, 4) is 0 Å². The number of nitrogens with zero attached hydrogens (tertiary/aromatic N) is 2. The Balaban J connectivity index is 0.000000257. The van der Waals surface area contributed by atoms with Gasteiger partial charge in [-0.2, -0.15) is 0 Å². The number of hydrogen-bond donors (Lipinski definition) is 1. The fraction of sp³-hybridized carbons (Fsp3) is 0.214. The topological polar surface area (TPSA) is 53.0 Å². The van der Waals surface area contributed by atoms with Crippen molar-refractivity contribution in [2.75, 3.05) is 40.5 Å². The van der Waals surface area contributed by atoms with Crippen LogP contribution in [0.25, 0.3) is 35.5 Å². The summed E-state index contributed by atoms with van der Waals surface area (Å²) in [5.74, 6) is 0. The first-order chi connectivity index (χ1) is 23.0. The van der Waals surface area contributed by atoms with Crippen LogP contribution in [0.15, 0.2) is 109 Å². The summed E-state index contributed by atoms with van der Waals surface area (Å²) in [7, 11) is 3.70. The first kappa shape index (κ1) is 39.6. The second kappa shape index (κ2) is 20.0. The van der Waals surface area contributed by atoms with Crippen molar-refractivity contribution >= 4 is 77.8 Å². The number of hydrogen-bond acceptors (Lipinski definition) is 4. The van der Waals surface area contributed by atoms with Gasteiger partial charge < -0.3 is 14.7 Å². The van der Waals surface area contributed by atoms with Crippen LogP contribution in [0.5, 0.6) is 0 Å². The fourth-order valence-corrected chi connectivity index (χ4v) is 5.87. The molecule has 246 valence electrons. The first-order valence-corrected chi connectivity index (χ1v) is 16.3. The number of amides is 1. The van der Waals surface area contributed by atoms with Gasteiger partial charge in [0, 0.05) is 39.0 Å². The molecule has 6 rings (SSSR count). The quantitative estimate of drug-likeness (QED) is 0.135. The Morgan fingerprint density at radius 1 is 0.633 bits per heavy atom. The molecule has 0 aliphatic heterocycles. The van der Waals surface area contributed by atoms with Crippen molar-refractivity contribution in [3.63, 3.8) is 0 Å². The van der Waals surface area contributed by atoms with E-state index in [0.717, 1.165) is 19.4 Å². The van der Waals surface area contributed by atoms with Crippen LogP contribution in [0.4, 0.5) is 4.79 Å². The van der Waals surface area contributed by atoms with E-state index in [9.17, 15) is 4.79 Å². The molecular weight excluding hydrogens is 614 g/mol. The largest absolute Gasteiger partial charge is 0.450 e. The van der Waals surface area contributed by atoms with Crippen LogP contribution < -0.4 is 0 Å². The zero-order valence-corrected chi connectivity index (χ0v) is 31.6. The maximum Gasteiger partial charge on any atom is 0.409 e. The number of fused-ring (bicyclic) bond motifs is 4. The molecule has 0 atom stereocenters. The van der Waals surface area contributed by atoms with Gasteiger partial charge in [0.05, 0.1) is 13.3 Å². The minimum absolute atomic E-state index is 0. The van der Waals surface area contributed by atoms with Gasteiger partial charge in [-0.25, -0.2) is 4.79 Å². The average molecular weight is 661 g/mol. The van der Waals surface area contributed by atoms with Crippen LogP contribution in [0.1, 0.15) is 64.3 Å². The molecule has 49 heavy (non-hydrogen) atoms. The third-order valence-electron chi connectivity index (χ3n) is 8.38. The second-order valence-electron chi connectivity index (χ2n) is 11.7. The van der Waals surface area contributed by atoms with Gasteiger partial charge in [-0.15, -0.1) is 0 Å². The van der Waals surface area contributed by atoms with E-state index >= 15 is 0 Å². The molecule has 0 spiro atoms. The van der Waals surface area contributed by atoms with Gasteiger partial charge in [0.1, 0.15) is 17.4 Å². The van der Waals surface area contributed by atoms with Gasteiger partial charge in [-0.1, -0.05) is 134 Å². The molecule has 1 amide bonds. The van der Waals surface area contributed by atoms with Crippen molar-refractivity contribution in [3.05, 3.63) is 154 Å². The van der Waals surface area contributed by atoms with E-state index in [1.165, 1.54) is 55.7 Å². The van der Waals surface area contributed by atoms with E-state index in [2.05, 4.69) is 134 Å². The van der Waals surface area contributed by atoms with Crippen molar-refractivity contribution < 1.29 is 14.6 Å². The zero-order valence-electron chi connectivity index (χ0n) is 29.6. The molecule has 0 fully saturated rings. The third-order valence-corrected chi connectivity index (χ3v) is 8.38. The van der Waals surface area contributed by atoms with Gasteiger partial charge in [0.25, 0.3) is 0 Å². The summed E-state index contributed by atoms with van der Waals surface area (Å²) in [6, 6.07) is 33.9. The van der Waals surface area contributed by atoms with Gasteiger partial charge in [0.2, 0.25) is 0 Å². The standard InChI is InChI=1S/C22H23NO2.C20H21NO.Al.Li.2H/c1-3-25-22(24)23(2)16-8-13-21-19-11-6-4-9-17(19)14-15-18-10-5-7-12-20(18)21;1-21(15-22)14-6-11-20-18-9-4-2-7-16(18)12-13-17-8-3-5-10-19(17)20;;;;/h4-7,9-15H,3,8,16H2,1-2H3;2-5,7-13,22H,6,14-15H2,1H3;;;;. The second-order valence-corrected chi connectivity index (χ2v) is 11.7. The number of benzene rings is 4. The Morgan fingerprint density at radius 2 is 0.980 bits per heavy atom. The molecule has 0 saturated heterocycles. The number of aliphatic hydroxyl groups is 1. The van der Waals surface area contributed by atoms with Crippen LogP contribution in [-0.4, -0.2) is 97.7 Å². The van der Waals surface area contributed by atoms with Crippen LogP contribution in [0.2, 0.25) is 0 Å². The minimum Gasteiger partial charge on any atom is -0.450 e. The molecule has 0 bridgehead atoms. The average Bonchev–Trinajstić information content (AvgIpc) is 3.37. The van der Waals surface area contributed by atoms with Crippen molar-refractivity contribution in [2.45, 2.75) is 19.8 Å². The summed E-state index contributed by atoms with van der Waals surface area (Å²) >= 11 is 0. The van der Waals surface area contributed by atoms with Crippen molar-refractivity contribution in [1.29, 1.82) is 0 Å². The van der Waals surface area contributed by atoms with Crippen molar-refractivity contribution in [1.82, 2.24) is 9.80 Å². The van der Waals surface area contributed by atoms with Crippen LogP contribution >= 0.6 is 0 Å². The minimum atomic E-state index is -0.274. The monoisotopic (exact) mass is 660 g/mol. The van der Waals surface area contributed by atoms with E-state index in [1.54, 1.807) is 11.9 Å².